The second kappa shape index (κ2) is 8.44. The number of carbonyl (C=O) groups excluding carboxylic acids is 1. The molecule has 1 rings (SSSR count). The number of carbonyl (C=O) groups is 2. The monoisotopic (exact) mass is 332 g/mol. The third-order valence-electron chi connectivity index (χ3n) is 2.47. The minimum absolute atomic E-state index is 0.0462. The van der Waals surface area contributed by atoms with Crippen LogP contribution in [0.15, 0.2) is 5.11 Å². The lowest BCUT2D eigenvalue weighted by atomic mass is 10.3. The lowest BCUT2D eigenvalue weighted by molar-refractivity contribution is -0.138. The van der Waals surface area contributed by atoms with Gasteiger partial charge in [-0.05, 0) is 5.53 Å². The molecule has 0 unspecified atom stereocenters. The normalized spacial score (nSPS) is 9.87. The van der Waals surface area contributed by atoms with Crippen LogP contribution in [0.5, 0.6) is 0 Å². The Labute approximate surface area is 127 Å². The van der Waals surface area contributed by atoms with Crippen LogP contribution in [-0.2, 0) is 9.59 Å². The third kappa shape index (κ3) is 5.36. The molecule has 1 aromatic heterocycles. The number of carboxylic acids is 1. The summed E-state index contributed by atoms with van der Waals surface area (Å²) in [5.74, 6) is -7.10. The van der Waals surface area contributed by atoms with E-state index in [1.807, 2.05) is 0 Å². The summed E-state index contributed by atoms with van der Waals surface area (Å²) in [7, 11) is 0. The van der Waals surface area contributed by atoms with Crippen molar-refractivity contribution in [2.24, 2.45) is 5.11 Å². The van der Waals surface area contributed by atoms with E-state index in [0.29, 0.717) is 0 Å². The molecular weight excluding hydrogens is 321 g/mol. The van der Waals surface area contributed by atoms with Crippen molar-refractivity contribution in [3.8, 4) is 0 Å². The average Bonchev–Trinajstić information content (AvgIpc) is 2.50. The minimum Gasteiger partial charge on any atom is -0.481 e. The maximum atomic E-state index is 13.7. The second-order valence-electron chi connectivity index (χ2n) is 4.09. The molecule has 0 aliphatic rings. The van der Waals surface area contributed by atoms with E-state index < -0.39 is 41.0 Å². The van der Waals surface area contributed by atoms with Gasteiger partial charge in [0, 0.05) is 24.4 Å². The molecule has 1 heterocycles. The van der Waals surface area contributed by atoms with Crippen LogP contribution in [0.2, 0.25) is 0 Å². The number of pyridine rings is 1. The zero-order valence-electron chi connectivity index (χ0n) is 11.5. The number of azide groups is 1. The highest BCUT2D eigenvalue weighted by molar-refractivity contribution is 5.80. The van der Waals surface area contributed by atoms with Crippen molar-refractivity contribution in [2.75, 3.05) is 18.4 Å². The molecule has 3 N–H and O–H groups in total. The molecule has 0 bridgehead atoms. The largest absolute Gasteiger partial charge is 0.481 e. The van der Waals surface area contributed by atoms with E-state index in [-0.39, 0.29) is 25.9 Å². The Morgan fingerprint density at radius 2 is 1.91 bits per heavy atom. The zero-order valence-corrected chi connectivity index (χ0v) is 11.5. The van der Waals surface area contributed by atoms with Gasteiger partial charge in [0.05, 0.1) is 6.42 Å². The van der Waals surface area contributed by atoms with Crippen LogP contribution in [0.25, 0.3) is 10.4 Å². The van der Waals surface area contributed by atoms with Gasteiger partial charge >= 0.3 is 5.97 Å². The average molecular weight is 332 g/mol. The summed E-state index contributed by atoms with van der Waals surface area (Å²) in [5, 5.41) is 15.7. The minimum atomic E-state index is -1.71. The maximum absolute atomic E-state index is 13.7. The van der Waals surface area contributed by atoms with Gasteiger partial charge in [-0.15, -0.1) is 0 Å². The van der Waals surface area contributed by atoms with Gasteiger partial charge in [0.15, 0.2) is 17.5 Å². The van der Waals surface area contributed by atoms with Crippen LogP contribution >= 0.6 is 0 Å². The first kappa shape index (κ1) is 18.0. The van der Waals surface area contributed by atoms with Crippen molar-refractivity contribution >= 4 is 23.4 Å². The number of aliphatic carboxylic acids is 1. The molecule has 0 aliphatic carbocycles. The molecule has 9 nitrogen and oxygen atoms in total. The lowest BCUT2D eigenvalue weighted by Gasteiger charge is -2.09. The van der Waals surface area contributed by atoms with Gasteiger partial charge in [-0.25, -0.2) is 8.78 Å². The van der Waals surface area contributed by atoms with Crippen LogP contribution in [0.1, 0.15) is 12.8 Å². The zero-order chi connectivity index (χ0) is 17.4. The first-order valence-corrected chi connectivity index (χ1v) is 6.18. The summed E-state index contributed by atoms with van der Waals surface area (Å²) in [4.78, 5) is 26.6. The van der Waals surface area contributed by atoms with Crippen molar-refractivity contribution < 1.29 is 27.9 Å². The molecule has 0 saturated heterocycles. The molecule has 0 aliphatic heterocycles. The van der Waals surface area contributed by atoms with E-state index in [0.717, 1.165) is 0 Å². The van der Waals surface area contributed by atoms with Gasteiger partial charge in [0.1, 0.15) is 5.69 Å². The summed E-state index contributed by atoms with van der Waals surface area (Å²) in [6.45, 7) is -0.154. The fourth-order valence-electron chi connectivity index (χ4n) is 1.44. The SMILES string of the molecule is [N-]=[N+]=Nc1c(F)c(F)nc(NCCNC(=O)CCC(=O)O)c1F. The van der Waals surface area contributed by atoms with Crippen molar-refractivity contribution in [3.05, 3.63) is 28.0 Å². The van der Waals surface area contributed by atoms with Gasteiger partial charge in [-0.2, -0.15) is 9.37 Å². The Hall–Kier alpha value is -3.01. The number of anilines is 1. The van der Waals surface area contributed by atoms with Gasteiger partial charge < -0.3 is 15.7 Å². The molecule has 23 heavy (non-hydrogen) atoms. The third-order valence-corrected chi connectivity index (χ3v) is 2.47. The molecular formula is C11H11F3N6O3. The second-order valence-corrected chi connectivity index (χ2v) is 4.09. The number of aromatic nitrogens is 1. The fourth-order valence-corrected chi connectivity index (χ4v) is 1.44. The Morgan fingerprint density at radius 1 is 1.22 bits per heavy atom. The number of amides is 1. The summed E-state index contributed by atoms with van der Waals surface area (Å²) >= 11 is 0. The standard InChI is InChI=1S/C11H11F3N6O3/c12-7-9(19-20-15)8(13)11(18-10(7)14)17-4-3-16-5(21)1-2-6(22)23/h1-4H2,(H,16,21)(H,17,18)(H,22,23). The van der Waals surface area contributed by atoms with Crippen LogP contribution in [0.3, 0.4) is 0 Å². The van der Waals surface area contributed by atoms with Crippen LogP contribution < -0.4 is 10.6 Å². The van der Waals surface area contributed by atoms with Crippen molar-refractivity contribution in [1.82, 2.24) is 10.3 Å². The van der Waals surface area contributed by atoms with Crippen molar-refractivity contribution in [2.45, 2.75) is 12.8 Å². The van der Waals surface area contributed by atoms with E-state index in [2.05, 4.69) is 25.6 Å². The van der Waals surface area contributed by atoms with E-state index in [1.165, 1.54) is 0 Å². The number of hydrogen-bond donors (Lipinski definition) is 3. The number of nitrogens with one attached hydrogen (secondary N) is 2. The molecule has 0 saturated carbocycles. The van der Waals surface area contributed by atoms with E-state index in [9.17, 15) is 22.8 Å². The number of hydrogen-bond acceptors (Lipinski definition) is 5. The first-order valence-electron chi connectivity index (χ1n) is 6.18. The number of halogens is 3. The molecule has 0 radical (unpaired) electrons. The quantitative estimate of drug-likeness (QED) is 0.219. The summed E-state index contributed by atoms with van der Waals surface area (Å²) in [6.07, 6.45) is -0.567. The van der Waals surface area contributed by atoms with E-state index >= 15 is 0 Å². The number of rotatable bonds is 8. The molecule has 124 valence electrons. The summed E-state index contributed by atoms with van der Waals surface area (Å²) in [5.41, 5.74) is 7.03. The molecule has 1 aromatic rings. The molecule has 0 aromatic carbocycles. The fraction of sp³-hybridized carbons (Fsp3) is 0.364. The van der Waals surface area contributed by atoms with Crippen LogP contribution in [0.4, 0.5) is 24.7 Å². The number of carboxylic acid groups (broad SMARTS) is 1. The number of nitrogens with zero attached hydrogens (tertiary/aromatic N) is 4. The Kier molecular flexibility index (Phi) is 6.62. The highest BCUT2D eigenvalue weighted by atomic mass is 19.2. The Balaban J connectivity index is 2.60. The van der Waals surface area contributed by atoms with Crippen LogP contribution in [0, 0.1) is 17.6 Å². The van der Waals surface area contributed by atoms with Gasteiger partial charge in [0.25, 0.3) is 5.95 Å². The molecule has 12 heteroatoms. The summed E-state index contributed by atoms with van der Waals surface area (Å²) < 4.78 is 40.1. The highest BCUT2D eigenvalue weighted by Crippen LogP contribution is 2.28. The maximum Gasteiger partial charge on any atom is 0.303 e. The molecule has 0 spiro atoms. The van der Waals surface area contributed by atoms with Gasteiger partial charge in [-0.3, -0.25) is 9.59 Å². The van der Waals surface area contributed by atoms with Crippen molar-refractivity contribution in [3.63, 3.8) is 0 Å². The van der Waals surface area contributed by atoms with E-state index in [1.54, 1.807) is 0 Å². The first-order chi connectivity index (χ1) is 10.9. The molecule has 0 atom stereocenters. The highest BCUT2D eigenvalue weighted by Gasteiger charge is 2.19. The van der Waals surface area contributed by atoms with Gasteiger partial charge in [0.2, 0.25) is 5.91 Å². The molecule has 1 amide bonds. The molecule has 0 fully saturated rings. The Bertz CT molecular complexity index is 663. The van der Waals surface area contributed by atoms with Crippen molar-refractivity contribution in [1.29, 1.82) is 0 Å². The predicted molar refractivity (Wildman–Crippen MR) is 71.3 cm³/mol. The predicted octanol–water partition coefficient (Wildman–Crippen LogP) is 1.83. The lowest BCUT2D eigenvalue weighted by Crippen LogP contribution is -2.29. The Morgan fingerprint density at radius 3 is 2.52 bits per heavy atom. The smallest absolute Gasteiger partial charge is 0.303 e. The van der Waals surface area contributed by atoms with Crippen LogP contribution in [-0.4, -0.2) is 35.1 Å². The van der Waals surface area contributed by atoms with E-state index in [4.69, 9.17) is 10.6 Å². The summed E-state index contributed by atoms with van der Waals surface area (Å²) in [6, 6.07) is 0. The topological polar surface area (TPSA) is 140 Å². The van der Waals surface area contributed by atoms with Gasteiger partial charge in [-0.1, -0.05) is 5.11 Å².